The summed E-state index contributed by atoms with van der Waals surface area (Å²) in [6.07, 6.45) is 0.827. The van der Waals surface area contributed by atoms with E-state index in [1.54, 1.807) is 0 Å². The minimum atomic E-state index is -3.68. The minimum Gasteiger partial charge on any atom is -0.392 e. The van der Waals surface area contributed by atoms with E-state index >= 15 is 0 Å². The van der Waals surface area contributed by atoms with Crippen molar-refractivity contribution in [2.45, 2.75) is 17.9 Å². The van der Waals surface area contributed by atoms with Gasteiger partial charge in [-0.3, -0.25) is 0 Å². The third-order valence-electron chi connectivity index (χ3n) is 3.08. The van der Waals surface area contributed by atoms with Crippen molar-refractivity contribution < 1.29 is 22.7 Å². The third kappa shape index (κ3) is 3.50. The van der Waals surface area contributed by atoms with Gasteiger partial charge in [-0.05, 0) is 30.5 Å². The van der Waals surface area contributed by atoms with Gasteiger partial charge >= 0.3 is 0 Å². The molecule has 0 bridgehead atoms. The van der Waals surface area contributed by atoms with Gasteiger partial charge in [0.25, 0.3) is 0 Å². The van der Waals surface area contributed by atoms with Crippen LogP contribution in [0.5, 0.6) is 0 Å². The number of nitrogens with one attached hydrogen (secondary N) is 1. The lowest BCUT2D eigenvalue weighted by Crippen LogP contribution is -2.29. The predicted octanol–water partition coefficient (Wildman–Crippen LogP) is 0.633. The van der Waals surface area contributed by atoms with Crippen LogP contribution >= 0.6 is 0 Å². The molecule has 0 spiro atoms. The summed E-state index contributed by atoms with van der Waals surface area (Å²) in [6, 6.07) is 3.36. The van der Waals surface area contributed by atoms with E-state index in [-0.39, 0.29) is 16.4 Å². The van der Waals surface area contributed by atoms with Gasteiger partial charge in [-0.15, -0.1) is 0 Å². The summed E-state index contributed by atoms with van der Waals surface area (Å²) < 4.78 is 44.9. The smallest absolute Gasteiger partial charge is 0.240 e. The predicted molar refractivity (Wildman–Crippen MR) is 66.4 cm³/mol. The maximum atomic E-state index is 13.2. The average Bonchev–Trinajstić information content (AvgIpc) is 2.90. The summed E-state index contributed by atoms with van der Waals surface area (Å²) >= 11 is 0. The van der Waals surface area contributed by atoms with E-state index in [9.17, 15) is 12.8 Å². The molecule has 1 aliphatic heterocycles. The van der Waals surface area contributed by atoms with Crippen molar-refractivity contribution in [3.63, 3.8) is 0 Å². The summed E-state index contributed by atoms with van der Waals surface area (Å²) in [7, 11) is -3.68. The molecule has 2 rings (SSSR count). The van der Waals surface area contributed by atoms with E-state index in [1.165, 1.54) is 6.07 Å². The molecule has 1 aliphatic rings. The number of hydrogen-bond acceptors (Lipinski definition) is 4. The monoisotopic (exact) mass is 289 g/mol. The second-order valence-corrected chi connectivity index (χ2v) is 6.26. The molecule has 1 saturated heterocycles. The molecule has 5 nitrogen and oxygen atoms in total. The Labute approximate surface area is 111 Å². The highest BCUT2D eigenvalue weighted by molar-refractivity contribution is 7.89. The van der Waals surface area contributed by atoms with Crippen molar-refractivity contribution in [2.75, 3.05) is 19.8 Å². The molecule has 7 heteroatoms. The van der Waals surface area contributed by atoms with Crippen LogP contribution in [-0.2, 0) is 21.4 Å². The zero-order valence-corrected chi connectivity index (χ0v) is 11.1. The molecule has 2 N–H and O–H groups in total. The fourth-order valence-electron chi connectivity index (χ4n) is 1.89. The van der Waals surface area contributed by atoms with Gasteiger partial charge in [-0.25, -0.2) is 17.5 Å². The van der Waals surface area contributed by atoms with Crippen LogP contribution in [0.2, 0.25) is 0 Å². The number of hydrogen-bond donors (Lipinski definition) is 2. The molecular weight excluding hydrogens is 273 g/mol. The Morgan fingerprint density at radius 2 is 2.26 bits per heavy atom. The summed E-state index contributed by atoms with van der Waals surface area (Å²) in [4.78, 5) is -0.0446. The normalized spacial score (nSPS) is 19.8. The molecule has 0 radical (unpaired) electrons. The number of halogens is 1. The summed E-state index contributed by atoms with van der Waals surface area (Å²) in [5.41, 5.74) is -0.0351. The van der Waals surface area contributed by atoms with Crippen molar-refractivity contribution >= 4 is 10.0 Å². The lowest BCUT2D eigenvalue weighted by molar-refractivity contribution is 0.186. The topological polar surface area (TPSA) is 75.6 Å². The van der Waals surface area contributed by atoms with Gasteiger partial charge in [0.15, 0.2) is 0 Å². The molecule has 0 saturated carbocycles. The second kappa shape index (κ2) is 5.96. The number of sulfonamides is 1. The van der Waals surface area contributed by atoms with Crippen LogP contribution in [0.15, 0.2) is 23.1 Å². The maximum absolute atomic E-state index is 13.2. The highest BCUT2D eigenvalue weighted by Gasteiger charge is 2.20. The molecule has 0 aliphatic carbocycles. The van der Waals surface area contributed by atoms with E-state index in [0.717, 1.165) is 18.6 Å². The first kappa shape index (κ1) is 14.4. The van der Waals surface area contributed by atoms with Gasteiger partial charge in [0, 0.05) is 18.7 Å². The highest BCUT2D eigenvalue weighted by atomic mass is 32.2. The number of ether oxygens (including phenoxy) is 1. The van der Waals surface area contributed by atoms with Crippen LogP contribution < -0.4 is 4.72 Å². The van der Waals surface area contributed by atoms with Crippen LogP contribution in [-0.4, -0.2) is 33.3 Å². The van der Waals surface area contributed by atoms with Gasteiger partial charge in [0.1, 0.15) is 5.82 Å². The van der Waals surface area contributed by atoms with Gasteiger partial charge in [0.05, 0.1) is 18.1 Å². The van der Waals surface area contributed by atoms with Gasteiger partial charge in [-0.2, -0.15) is 0 Å². The molecule has 0 aromatic heterocycles. The van der Waals surface area contributed by atoms with E-state index in [0.29, 0.717) is 19.8 Å². The Morgan fingerprint density at radius 3 is 2.89 bits per heavy atom. The zero-order valence-electron chi connectivity index (χ0n) is 10.3. The quantitative estimate of drug-likeness (QED) is 0.834. The SMILES string of the molecule is O=S(=O)(NCC1CCOC1)c1ccc(F)c(CO)c1. The molecule has 1 unspecified atom stereocenters. The second-order valence-electron chi connectivity index (χ2n) is 4.49. The lowest BCUT2D eigenvalue weighted by Gasteiger charge is -2.11. The summed E-state index contributed by atoms with van der Waals surface area (Å²) in [5, 5.41) is 8.94. The minimum absolute atomic E-state index is 0.0351. The van der Waals surface area contributed by atoms with Gasteiger partial charge < -0.3 is 9.84 Å². The highest BCUT2D eigenvalue weighted by Crippen LogP contribution is 2.16. The van der Waals surface area contributed by atoms with Crippen molar-refractivity contribution in [1.29, 1.82) is 0 Å². The standard InChI is InChI=1S/C12H16FNO4S/c13-12-2-1-11(5-10(12)7-15)19(16,17)14-6-9-3-4-18-8-9/h1-2,5,9,14-15H,3-4,6-8H2. The van der Waals surface area contributed by atoms with Crippen LogP contribution in [0.25, 0.3) is 0 Å². The Bertz CT molecular complexity index is 541. The number of benzene rings is 1. The van der Waals surface area contributed by atoms with Crippen molar-refractivity contribution in [3.05, 3.63) is 29.6 Å². The summed E-state index contributed by atoms with van der Waals surface area (Å²) in [5.74, 6) is -0.446. The van der Waals surface area contributed by atoms with Gasteiger partial charge in [-0.1, -0.05) is 0 Å². The first-order chi connectivity index (χ1) is 9.03. The number of aliphatic hydroxyl groups excluding tert-OH is 1. The van der Waals surface area contributed by atoms with Crippen LogP contribution in [0.3, 0.4) is 0 Å². The maximum Gasteiger partial charge on any atom is 0.240 e. The molecule has 1 aromatic carbocycles. The van der Waals surface area contributed by atoms with Crippen molar-refractivity contribution in [2.24, 2.45) is 5.92 Å². The van der Waals surface area contributed by atoms with E-state index in [1.807, 2.05) is 0 Å². The van der Waals surface area contributed by atoms with E-state index < -0.39 is 22.4 Å². The molecule has 1 fully saturated rings. The van der Waals surface area contributed by atoms with E-state index in [4.69, 9.17) is 9.84 Å². The number of rotatable bonds is 5. The molecule has 1 heterocycles. The van der Waals surface area contributed by atoms with Crippen molar-refractivity contribution in [3.8, 4) is 0 Å². The Hall–Kier alpha value is -1.02. The van der Waals surface area contributed by atoms with Crippen LogP contribution in [0.1, 0.15) is 12.0 Å². The van der Waals surface area contributed by atoms with Crippen LogP contribution in [0.4, 0.5) is 4.39 Å². The molecule has 1 atom stereocenters. The zero-order chi connectivity index (χ0) is 13.9. The molecule has 19 heavy (non-hydrogen) atoms. The fourth-order valence-corrected chi connectivity index (χ4v) is 3.06. The fraction of sp³-hybridized carbons (Fsp3) is 0.500. The Morgan fingerprint density at radius 1 is 1.47 bits per heavy atom. The largest absolute Gasteiger partial charge is 0.392 e. The lowest BCUT2D eigenvalue weighted by atomic mass is 10.1. The third-order valence-corrected chi connectivity index (χ3v) is 4.51. The Balaban J connectivity index is 2.10. The molecule has 106 valence electrons. The first-order valence-corrected chi connectivity index (χ1v) is 7.48. The van der Waals surface area contributed by atoms with E-state index in [2.05, 4.69) is 4.72 Å². The molecule has 1 aromatic rings. The van der Waals surface area contributed by atoms with Crippen LogP contribution in [0, 0.1) is 11.7 Å². The Kier molecular flexibility index (Phi) is 4.51. The molecule has 0 amide bonds. The first-order valence-electron chi connectivity index (χ1n) is 5.99. The average molecular weight is 289 g/mol. The molecular formula is C12H16FNO4S. The summed E-state index contributed by atoms with van der Waals surface area (Å²) in [6.45, 7) is 0.964. The van der Waals surface area contributed by atoms with Crippen molar-refractivity contribution in [1.82, 2.24) is 4.72 Å². The number of aliphatic hydroxyl groups is 1. The van der Waals surface area contributed by atoms with Gasteiger partial charge in [0.2, 0.25) is 10.0 Å².